The van der Waals surface area contributed by atoms with Crippen LogP contribution in [0.4, 0.5) is 5.69 Å². The highest BCUT2D eigenvalue weighted by Gasteiger charge is 2.16. The molecule has 0 aliphatic heterocycles. The zero-order valence-corrected chi connectivity index (χ0v) is 17.1. The Bertz CT molecular complexity index is 1650. The summed E-state index contributed by atoms with van der Waals surface area (Å²) in [5.74, 6) is 0. The van der Waals surface area contributed by atoms with E-state index in [4.69, 9.17) is 0 Å². The average molecular weight is 414 g/mol. The topological polar surface area (TPSA) is 48.1 Å². The van der Waals surface area contributed by atoms with Crippen LogP contribution < -0.4 is 0 Å². The van der Waals surface area contributed by atoms with Crippen molar-refractivity contribution in [2.45, 2.75) is 0 Å². The van der Waals surface area contributed by atoms with Gasteiger partial charge < -0.3 is 4.57 Å². The van der Waals surface area contributed by atoms with E-state index in [1.165, 1.54) is 10.8 Å². The highest BCUT2D eigenvalue weighted by atomic mass is 16.6. The van der Waals surface area contributed by atoms with Crippen LogP contribution in [-0.2, 0) is 0 Å². The van der Waals surface area contributed by atoms with Crippen LogP contribution in [0.25, 0.3) is 49.1 Å². The van der Waals surface area contributed by atoms with E-state index in [-0.39, 0.29) is 10.6 Å². The molecule has 0 amide bonds. The Morgan fingerprint density at radius 3 is 1.91 bits per heavy atom. The first kappa shape index (κ1) is 18.3. The van der Waals surface area contributed by atoms with Crippen molar-refractivity contribution in [3.05, 3.63) is 120 Å². The van der Waals surface area contributed by atoms with Crippen molar-refractivity contribution in [3.63, 3.8) is 0 Å². The largest absolute Gasteiger partial charge is 0.323 e. The molecule has 0 spiro atoms. The van der Waals surface area contributed by atoms with Crippen LogP contribution in [-0.4, -0.2) is 9.49 Å². The fourth-order valence-electron chi connectivity index (χ4n) is 4.63. The molecule has 0 bridgehead atoms. The van der Waals surface area contributed by atoms with Gasteiger partial charge in [0.15, 0.2) is 0 Å². The third kappa shape index (κ3) is 2.77. The van der Waals surface area contributed by atoms with Crippen LogP contribution in [0.3, 0.4) is 0 Å². The van der Waals surface area contributed by atoms with Crippen molar-refractivity contribution in [1.82, 2.24) is 4.57 Å². The Morgan fingerprint density at radius 1 is 0.594 bits per heavy atom. The number of benzene rings is 5. The molecule has 0 atom stereocenters. The lowest BCUT2D eigenvalue weighted by molar-refractivity contribution is -0.384. The number of nitrogens with zero attached hydrogens (tertiary/aromatic N) is 2. The van der Waals surface area contributed by atoms with Gasteiger partial charge in [0.25, 0.3) is 5.69 Å². The molecule has 1 heterocycles. The smallest absolute Gasteiger partial charge is 0.277 e. The Balaban J connectivity index is 1.68. The molecule has 0 fully saturated rings. The van der Waals surface area contributed by atoms with Gasteiger partial charge in [0.05, 0.1) is 10.5 Å². The molecule has 0 unspecified atom stereocenters. The third-order valence-corrected chi connectivity index (χ3v) is 6.11. The first-order chi connectivity index (χ1) is 15.7. The second kappa shape index (κ2) is 7.06. The summed E-state index contributed by atoms with van der Waals surface area (Å²) in [6.45, 7) is 0. The molecule has 32 heavy (non-hydrogen) atoms. The van der Waals surface area contributed by atoms with E-state index in [1.54, 1.807) is 12.1 Å². The summed E-state index contributed by atoms with van der Waals surface area (Å²) < 4.78 is 2.16. The number of aromatic nitrogens is 1. The zero-order chi connectivity index (χ0) is 21.7. The van der Waals surface area contributed by atoms with Crippen LogP contribution in [0.1, 0.15) is 0 Å². The van der Waals surface area contributed by atoms with Gasteiger partial charge in [0.2, 0.25) is 0 Å². The van der Waals surface area contributed by atoms with Crippen LogP contribution >= 0.6 is 0 Å². The molecule has 0 aliphatic carbocycles. The second-order valence-electron chi connectivity index (χ2n) is 7.91. The molecular formula is C28H18N2O2. The number of nitro benzene ring substituents is 1. The maximum Gasteiger partial charge on any atom is 0.277 e. The van der Waals surface area contributed by atoms with Gasteiger partial charge in [-0.3, -0.25) is 10.1 Å². The standard InChI is InChI=1S/C28H18N2O2/c31-30(32)28-13-7-6-10-21(28)19-14-15-24-25(16-19)22-11-4-5-12-23(22)26-17-29(18-27(24)26)20-8-2-1-3-9-20/h1-18H. The molecular weight excluding hydrogens is 396 g/mol. The number of hydrogen-bond donors (Lipinski definition) is 0. The van der Waals surface area contributed by atoms with Crippen LogP contribution in [0.5, 0.6) is 0 Å². The van der Waals surface area contributed by atoms with E-state index in [1.807, 2.05) is 42.5 Å². The molecule has 0 saturated carbocycles. The van der Waals surface area contributed by atoms with Crippen LogP contribution in [0.15, 0.2) is 109 Å². The number of para-hydroxylation sites is 2. The van der Waals surface area contributed by atoms with E-state index in [0.717, 1.165) is 32.8 Å². The second-order valence-corrected chi connectivity index (χ2v) is 7.91. The van der Waals surface area contributed by atoms with Crippen molar-refractivity contribution in [2.24, 2.45) is 0 Å². The van der Waals surface area contributed by atoms with Crippen LogP contribution in [0, 0.1) is 10.1 Å². The van der Waals surface area contributed by atoms with Gasteiger partial charge in [-0.1, -0.05) is 66.7 Å². The molecule has 152 valence electrons. The van der Waals surface area contributed by atoms with Gasteiger partial charge in [-0.2, -0.15) is 0 Å². The van der Waals surface area contributed by atoms with Crippen molar-refractivity contribution in [1.29, 1.82) is 0 Å². The summed E-state index contributed by atoms with van der Waals surface area (Å²) in [4.78, 5) is 11.3. The van der Waals surface area contributed by atoms with Gasteiger partial charge >= 0.3 is 0 Å². The number of nitro groups is 1. The third-order valence-electron chi connectivity index (χ3n) is 6.11. The lowest BCUT2D eigenvalue weighted by Gasteiger charge is -2.10. The fourth-order valence-corrected chi connectivity index (χ4v) is 4.63. The summed E-state index contributed by atoms with van der Waals surface area (Å²) in [6, 6.07) is 31.7. The molecule has 0 aliphatic rings. The summed E-state index contributed by atoms with van der Waals surface area (Å²) in [5.41, 5.74) is 2.70. The van der Waals surface area contributed by atoms with Crippen molar-refractivity contribution in [3.8, 4) is 16.8 Å². The zero-order valence-electron chi connectivity index (χ0n) is 17.1. The number of fused-ring (bicyclic) bond motifs is 6. The van der Waals surface area contributed by atoms with Gasteiger partial charge in [-0.15, -0.1) is 0 Å². The lowest BCUT2D eigenvalue weighted by atomic mass is 9.93. The first-order valence-electron chi connectivity index (χ1n) is 10.5. The van der Waals surface area contributed by atoms with Gasteiger partial charge in [-0.05, 0) is 51.4 Å². The highest BCUT2D eigenvalue weighted by Crippen LogP contribution is 2.39. The van der Waals surface area contributed by atoms with E-state index >= 15 is 0 Å². The first-order valence-corrected chi connectivity index (χ1v) is 10.5. The van der Waals surface area contributed by atoms with E-state index in [9.17, 15) is 10.1 Å². The summed E-state index contributed by atoms with van der Waals surface area (Å²) in [7, 11) is 0. The quantitative estimate of drug-likeness (QED) is 0.171. The lowest BCUT2D eigenvalue weighted by Crippen LogP contribution is -1.91. The summed E-state index contributed by atoms with van der Waals surface area (Å²) >= 11 is 0. The number of hydrogen-bond acceptors (Lipinski definition) is 2. The molecule has 4 nitrogen and oxygen atoms in total. The minimum atomic E-state index is -0.319. The minimum Gasteiger partial charge on any atom is -0.323 e. The van der Waals surface area contributed by atoms with Gasteiger partial charge in [0, 0.05) is 34.9 Å². The van der Waals surface area contributed by atoms with E-state index in [0.29, 0.717) is 5.56 Å². The molecule has 1 aromatic heterocycles. The molecule has 0 saturated heterocycles. The SMILES string of the molecule is O=[N+]([O-])c1ccccc1-c1ccc2c(c1)c1ccccc1c1cn(-c3ccccc3)cc21. The Labute approximate surface area is 184 Å². The summed E-state index contributed by atoms with van der Waals surface area (Å²) in [5, 5.41) is 18.5. The number of rotatable bonds is 3. The Hall–Kier alpha value is -4.44. The Morgan fingerprint density at radius 2 is 1.19 bits per heavy atom. The Kier molecular flexibility index (Phi) is 4.05. The molecule has 5 aromatic carbocycles. The molecule has 0 radical (unpaired) electrons. The van der Waals surface area contributed by atoms with E-state index < -0.39 is 0 Å². The predicted octanol–water partition coefficient (Wildman–Crippen LogP) is 7.51. The fraction of sp³-hybridized carbons (Fsp3) is 0. The monoisotopic (exact) mass is 414 g/mol. The van der Waals surface area contributed by atoms with E-state index in [2.05, 4.69) is 59.4 Å². The minimum absolute atomic E-state index is 0.118. The normalized spacial score (nSPS) is 11.4. The molecule has 6 rings (SSSR count). The maximum atomic E-state index is 11.6. The van der Waals surface area contributed by atoms with Crippen molar-refractivity contribution >= 4 is 38.0 Å². The van der Waals surface area contributed by atoms with Crippen LogP contribution in [0.2, 0.25) is 0 Å². The molecule has 0 N–H and O–H groups in total. The van der Waals surface area contributed by atoms with Crippen molar-refractivity contribution < 1.29 is 4.92 Å². The predicted molar refractivity (Wildman–Crippen MR) is 130 cm³/mol. The van der Waals surface area contributed by atoms with Gasteiger partial charge in [0.1, 0.15) is 0 Å². The molecule has 6 aromatic rings. The summed E-state index contributed by atoms with van der Waals surface area (Å²) in [6.07, 6.45) is 4.35. The average Bonchev–Trinajstić information content (AvgIpc) is 3.30. The molecule has 4 heteroatoms. The van der Waals surface area contributed by atoms with Gasteiger partial charge in [-0.25, -0.2) is 0 Å². The maximum absolute atomic E-state index is 11.6. The van der Waals surface area contributed by atoms with Crippen molar-refractivity contribution in [2.75, 3.05) is 0 Å². The highest BCUT2D eigenvalue weighted by molar-refractivity contribution is 6.25.